The lowest BCUT2D eigenvalue weighted by Gasteiger charge is -2.18. The molecule has 25 heavy (non-hydrogen) atoms. The van der Waals surface area contributed by atoms with Crippen LogP contribution in [-0.4, -0.2) is 31.2 Å². The number of nitrogens with zero attached hydrogens (tertiary/aromatic N) is 2. The van der Waals surface area contributed by atoms with Gasteiger partial charge in [-0.25, -0.2) is 0 Å². The maximum absolute atomic E-state index is 12.1. The summed E-state index contributed by atoms with van der Waals surface area (Å²) < 4.78 is 10.3. The highest BCUT2D eigenvalue weighted by Gasteiger charge is 2.14. The van der Waals surface area contributed by atoms with Crippen LogP contribution in [0.2, 0.25) is 0 Å². The van der Waals surface area contributed by atoms with Gasteiger partial charge < -0.3 is 19.2 Å². The Kier molecular flexibility index (Phi) is 5.51. The van der Waals surface area contributed by atoms with Gasteiger partial charge in [0.05, 0.1) is 6.26 Å². The van der Waals surface area contributed by atoms with E-state index in [2.05, 4.69) is 34.6 Å². The summed E-state index contributed by atoms with van der Waals surface area (Å²) in [6.45, 7) is 1.54. The van der Waals surface area contributed by atoms with Crippen LogP contribution in [0.25, 0.3) is 11.5 Å². The number of para-hydroxylation sites is 1. The van der Waals surface area contributed by atoms with Gasteiger partial charge in [-0.1, -0.05) is 23.4 Å². The molecule has 0 atom stereocenters. The van der Waals surface area contributed by atoms with Crippen LogP contribution >= 0.6 is 0 Å². The third-order valence-electron chi connectivity index (χ3n) is 3.91. The molecule has 0 unspecified atom stereocenters. The Bertz CT molecular complexity index is 781. The Morgan fingerprint density at radius 1 is 1.12 bits per heavy atom. The van der Waals surface area contributed by atoms with Crippen molar-refractivity contribution in [3.05, 3.63) is 60.5 Å². The first-order valence-electron chi connectivity index (χ1n) is 8.29. The molecule has 6 nitrogen and oxygen atoms in total. The van der Waals surface area contributed by atoms with E-state index in [1.165, 1.54) is 5.69 Å². The lowest BCUT2D eigenvalue weighted by molar-refractivity contribution is 0.0944. The predicted octanol–water partition coefficient (Wildman–Crippen LogP) is 3.58. The summed E-state index contributed by atoms with van der Waals surface area (Å²) >= 11 is 0. The van der Waals surface area contributed by atoms with E-state index < -0.39 is 0 Å². The average molecular weight is 339 g/mol. The summed E-state index contributed by atoms with van der Waals surface area (Å²) in [5.74, 6) is 0.758. The highest BCUT2D eigenvalue weighted by molar-refractivity contribution is 5.92. The molecule has 3 aromatic rings. The average Bonchev–Trinajstić information content (AvgIpc) is 3.33. The second-order valence-electron chi connectivity index (χ2n) is 5.77. The number of furan rings is 1. The fourth-order valence-corrected chi connectivity index (χ4v) is 2.50. The van der Waals surface area contributed by atoms with Gasteiger partial charge in [-0.05, 0) is 37.1 Å². The summed E-state index contributed by atoms with van der Waals surface area (Å²) in [5.41, 5.74) is 1.45. The molecule has 0 aliphatic carbocycles. The van der Waals surface area contributed by atoms with Crippen molar-refractivity contribution in [3.63, 3.8) is 0 Å². The van der Waals surface area contributed by atoms with Crippen molar-refractivity contribution in [2.75, 3.05) is 25.0 Å². The number of nitrogens with one attached hydrogen (secondary N) is 1. The molecule has 0 saturated heterocycles. The smallest absolute Gasteiger partial charge is 0.273 e. The van der Waals surface area contributed by atoms with Crippen LogP contribution in [0.3, 0.4) is 0 Å². The number of unbranched alkanes of at least 4 members (excludes halogenated alkanes) is 1. The van der Waals surface area contributed by atoms with Crippen LogP contribution in [0.4, 0.5) is 5.69 Å². The second kappa shape index (κ2) is 8.19. The number of carbonyl (C=O) groups excluding carboxylic acids is 1. The van der Waals surface area contributed by atoms with Gasteiger partial charge >= 0.3 is 0 Å². The Labute approximate surface area is 146 Å². The molecular formula is C19H21N3O3. The number of anilines is 1. The van der Waals surface area contributed by atoms with E-state index in [0.717, 1.165) is 19.4 Å². The van der Waals surface area contributed by atoms with E-state index in [4.69, 9.17) is 8.94 Å². The monoisotopic (exact) mass is 339 g/mol. The van der Waals surface area contributed by atoms with E-state index in [9.17, 15) is 4.79 Å². The quantitative estimate of drug-likeness (QED) is 0.635. The molecule has 0 spiro atoms. The maximum atomic E-state index is 12.1. The number of hydrogen-bond acceptors (Lipinski definition) is 5. The zero-order valence-electron chi connectivity index (χ0n) is 14.1. The zero-order valence-corrected chi connectivity index (χ0v) is 14.1. The minimum absolute atomic E-state index is 0.238. The molecule has 2 aromatic heterocycles. The van der Waals surface area contributed by atoms with Crippen LogP contribution < -0.4 is 10.2 Å². The molecule has 0 aliphatic rings. The van der Waals surface area contributed by atoms with Crippen molar-refractivity contribution >= 4 is 11.6 Å². The topological polar surface area (TPSA) is 71.5 Å². The molecule has 1 amide bonds. The van der Waals surface area contributed by atoms with Gasteiger partial charge in [0.2, 0.25) is 5.76 Å². The van der Waals surface area contributed by atoms with Crippen LogP contribution in [-0.2, 0) is 0 Å². The normalized spacial score (nSPS) is 10.6. The first-order valence-corrected chi connectivity index (χ1v) is 8.29. The standard InChI is InChI=1S/C19H21N3O3/c1-22(15-8-3-2-4-9-15)12-6-5-11-20-19(23)16-14-18(25-21-16)17-10-7-13-24-17/h2-4,7-10,13-14H,5-6,11-12H2,1H3,(H,20,23). The summed E-state index contributed by atoms with van der Waals surface area (Å²) in [6, 6.07) is 15.3. The Hall–Kier alpha value is -3.02. The lowest BCUT2D eigenvalue weighted by Crippen LogP contribution is -2.26. The molecule has 1 N–H and O–H groups in total. The summed E-state index contributed by atoms with van der Waals surface area (Å²) in [5, 5.41) is 6.64. The Balaban J connectivity index is 1.38. The van der Waals surface area contributed by atoms with Crippen molar-refractivity contribution in [3.8, 4) is 11.5 Å². The molecule has 6 heteroatoms. The largest absolute Gasteiger partial charge is 0.461 e. The van der Waals surface area contributed by atoms with Crippen LogP contribution in [0.1, 0.15) is 23.3 Å². The van der Waals surface area contributed by atoms with Gasteiger partial charge in [-0.15, -0.1) is 0 Å². The van der Waals surface area contributed by atoms with Crippen molar-refractivity contribution in [2.24, 2.45) is 0 Å². The first-order chi connectivity index (χ1) is 12.2. The molecule has 0 fully saturated rings. The molecule has 0 bridgehead atoms. The maximum Gasteiger partial charge on any atom is 0.273 e. The molecule has 0 saturated carbocycles. The number of hydrogen-bond donors (Lipinski definition) is 1. The third-order valence-corrected chi connectivity index (χ3v) is 3.91. The SMILES string of the molecule is CN(CCCCNC(=O)c1cc(-c2ccco2)on1)c1ccccc1. The number of aromatic nitrogens is 1. The summed E-state index contributed by atoms with van der Waals surface area (Å²) in [6.07, 6.45) is 3.43. The summed E-state index contributed by atoms with van der Waals surface area (Å²) in [7, 11) is 2.07. The van der Waals surface area contributed by atoms with E-state index in [0.29, 0.717) is 18.1 Å². The van der Waals surface area contributed by atoms with Crippen molar-refractivity contribution in [1.29, 1.82) is 0 Å². The van der Waals surface area contributed by atoms with Crippen molar-refractivity contribution < 1.29 is 13.7 Å². The van der Waals surface area contributed by atoms with Crippen molar-refractivity contribution in [1.82, 2.24) is 10.5 Å². The fraction of sp³-hybridized carbons (Fsp3) is 0.263. The molecular weight excluding hydrogens is 318 g/mol. The lowest BCUT2D eigenvalue weighted by atomic mass is 10.2. The molecule has 130 valence electrons. The van der Waals surface area contributed by atoms with Gasteiger partial charge in [-0.2, -0.15) is 0 Å². The van der Waals surface area contributed by atoms with E-state index in [-0.39, 0.29) is 11.6 Å². The molecule has 0 radical (unpaired) electrons. The highest BCUT2D eigenvalue weighted by Crippen LogP contribution is 2.20. The number of rotatable bonds is 8. The Morgan fingerprint density at radius 2 is 1.96 bits per heavy atom. The highest BCUT2D eigenvalue weighted by atomic mass is 16.5. The van der Waals surface area contributed by atoms with Gasteiger partial charge in [0.25, 0.3) is 5.91 Å². The fourth-order valence-electron chi connectivity index (χ4n) is 2.50. The van der Waals surface area contributed by atoms with Crippen molar-refractivity contribution in [2.45, 2.75) is 12.8 Å². The second-order valence-corrected chi connectivity index (χ2v) is 5.77. The zero-order chi connectivity index (χ0) is 17.5. The van der Waals surface area contributed by atoms with Gasteiger partial charge in [0.1, 0.15) is 0 Å². The minimum Gasteiger partial charge on any atom is -0.461 e. The van der Waals surface area contributed by atoms with Crippen LogP contribution in [0.15, 0.2) is 63.7 Å². The first kappa shape index (κ1) is 16.8. The number of amides is 1. The molecule has 3 rings (SSSR count). The van der Waals surface area contributed by atoms with E-state index in [1.54, 1.807) is 24.5 Å². The predicted molar refractivity (Wildman–Crippen MR) is 95.5 cm³/mol. The van der Waals surface area contributed by atoms with E-state index in [1.807, 2.05) is 18.2 Å². The van der Waals surface area contributed by atoms with Crippen LogP contribution in [0, 0.1) is 0 Å². The number of carbonyl (C=O) groups is 1. The van der Waals surface area contributed by atoms with Gasteiger partial charge in [-0.3, -0.25) is 4.79 Å². The summed E-state index contributed by atoms with van der Waals surface area (Å²) in [4.78, 5) is 14.3. The van der Waals surface area contributed by atoms with Gasteiger partial charge in [0.15, 0.2) is 11.5 Å². The van der Waals surface area contributed by atoms with E-state index >= 15 is 0 Å². The minimum atomic E-state index is -0.238. The third kappa shape index (κ3) is 4.50. The molecule has 1 aromatic carbocycles. The Morgan fingerprint density at radius 3 is 2.72 bits per heavy atom. The van der Waals surface area contributed by atoms with Gasteiger partial charge in [0, 0.05) is 31.9 Å². The van der Waals surface area contributed by atoms with Crippen LogP contribution in [0.5, 0.6) is 0 Å². The molecule has 2 heterocycles. The molecule has 0 aliphatic heterocycles. The number of benzene rings is 1.